The van der Waals surface area contributed by atoms with Crippen molar-refractivity contribution in [3.63, 3.8) is 0 Å². The number of carbonyl (C=O) groups excluding carboxylic acids is 8. The fourth-order valence-corrected chi connectivity index (χ4v) is 8.29. The van der Waals surface area contributed by atoms with Crippen LogP contribution in [0.15, 0.2) is 60.7 Å². The fourth-order valence-electron chi connectivity index (χ4n) is 8.29. The summed E-state index contributed by atoms with van der Waals surface area (Å²) < 4.78 is 0. The third-order valence-electron chi connectivity index (χ3n) is 12.8. The number of carboxylic acids is 5. The van der Waals surface area contributed by atoms with Crippen LogP contribution in [0, 0.1) is 11.8 Å². The highest BCUT2D eigenvalue weighted by Crippen LogP contribution is 2.14. The summed E-state index contributed by atoms with van der Waals surface area (Å²) in [5.41, 5.74) is 12.7. The maximum absolute atomic E-state index is 14.6. The van der Waals surface area contributed by atoms with Crippen molar-refractivity contribution in [2.24, 2.45) is 23.3 Å². The van der Waals surface area contributed by atoms with Gasteiger partial charge in [0.05, 0.1) is 6.04 Å². The van der Waals surface area contributed by atoms with E-state index in [-0.39, 0.29) is 25.2 Å². The minimum absolute atomic E-state index is 0.0960. The van der Waals surface area contributed by atoms with Gasteiger partial charge in [-0.2, -0.15) is 0 Å². The lowest BCUT2D eigenvalue weighted by Crippen LogP contribution is -2.61. The minimum Gasteiger partial charge on any atom is -0.481 e. The maximum atomic E-state index is 14.6. The summed E-state index contributed by atoms with van der Waals surface area (Å²) in [6.45, 7) is 7.36. The Morgan fingerprint density at radius 1 is 0.398 bits per heavy atom. The van der Waals surface area contributed by atoms with E-state index in [4.69, 9.17) is 16.6 Å². The Kier molecular flexibility index (Phi) is 31.2. The summed E-state index contributed by atoms with van der Waals surface area (Å²) in [5, 5.41) is 66.8. The summed E-state index contributed by atoms with van der Waals surface area (Å²) in [6.07, 6.45) is -4.49. The van der Waals surface area contributed by atoms with Gasteiger partial charge in [0.25, 0.3) is 0 Å². The smallest absolute Gasteiger partial charge is 0.326 e. The first kappa shape index (κ1) is 70.6. The molecule has 2 aromatic carbocycles. The van der Waals surface area contributed by atoms with Gasteiger partial charge in [-0.25, -0.2) is 4.79 Å². The second-order valence-electron chi connectivity index (χ2n) is 20.6. The number of amides is 8. The number of hydrogen-bond acceptors (Lipinski definition) is 15. The normalized spacial score (nSPS) is 14.3. The predicted octanol–water partition coefficient (Wildman–Crippen LogP) is -0.948. The Labute approximate surface area is 479 Å². The molecule has 458 valence electrons. The molecule has 0 aromatic heterocycles. The zero-order valence-corrected chi connectivity index (χ0v) is 46.9. The van der Waals surface area contributed by atoms with Crippen molar-refractivity contribution in [2.75, 3.05) is 6.54 Å². The molecule has 0 aliphatic carbocycles. The average Bonchev–Trinajstić information content (AvgIpc) is 3.48. The van der Waals surface area contributed by atoms with Crippen LogP contribution >= 0.6 is 0 Å². The summed E-state index contributed by atoms with van der Waals surface area (Å²) in [6, 6.07) is 2.74. The van der Waals surface area contributed by atoms with Crippen LogP contribution in [-0.2, 0) is 75.2 Å². The summed E-state index contributed by atoms with van der Waals surface area (Å²) >= 11 is 0. The molecule has 0 saturated heterocycles. The van der Waals surface area contributed by atoms with Gasteiger partial charge >= 0.3 is 29.8 Å². The Hall–Kier alpha value is -8.53. The van der Waals surface area contributed by atoms with Crippen LogP contribution in [0.1, 0.15) is 116 Å². The van der Waals surface area contributed by atoms with Crippen LogP contribution in [-0.4, -0.2) is 164 Å². The van der Waals surface area contributed by atoms with Gasteiger partial charge in [0, 0.05) is 38.5 Å². The number of benzene rings is 2. The Balaban J connectivity index is 2.58. The van der Waals surface area contributed by atoms with Crippen molar-refractivity contribution >= 4 is 77.1 Å². The molecule has 17 N–H and O–H groups in total. The van der Waals surface area contributed by atoms with Gasteiger partial charge in [-0.05, 0) is 74.5 Å². The van der Waals surface area contributed by atoms with Gasteiger partial charge in [0.2, 0.25) is 47.3 Å². The lowest BCUT2D eigenvalue weighted by atomic mass is 9.98. The highest BCUT2D eigenvalue weighted by molar-refractivity contribution is 5.98. The third kappa shape index (κ3) is 27.7. The zero-order chi connectivity index (χ0) is 62.3. The largest absolute Gasteiger partial charge is 0.481 e. The molecule has 9 atom stereocenters. The van der Waals surface area contributed by atoms with E-state index in [1.54, 1.807) is 74.5 Å². The topological polar surface area (TPSA) is 471 Å². The molecule has 0 aliphatic rings. The van der Waals surface area contributed by atoms with Crippen LogP contribution in [0.5, 0.6) is 0 Å². The van der Waals surface area contributed by atoms with Gasteiger partial charge in [-0.1, -0.05) is 94.8 Å². The average molecular weight is 1170 g/mol. The van der Waals surface area contributed by atoms with Gasteiger partial charge in [0.1, 0.15) is 48.3 Å². The molecule has 0 unspecified atom stereocenters. The highest BCUT2D eigenvalue weighted by atomic mass is 16.4. The third-order valence-corrected chi connectivity index (χ3v) is 12.8. The maximum Gasteiger partial charge on any atom is 0.326 e. The van der Waals surface area contributed by atoms with E-state index in [2.05, 4.69) is 37.2 Å². The number of aliphatic carboxylic acids is 5. The van der Waals surface area contributed by atoms with Crippen molar-refractivity contribution < 1.29 is 87.9 Å². The van der Waals surface area contributed by atoms with E-state index < -0.39 is 189 Å². The number of nitrogens with one attached hydrogen (secondary N) is 8. The van der Waals surface area contributed by atoms with Crippen molar-refractivity contribution in [1.29, 1.82) is 0 Å². The molecule has 28 heteroatoms. The Morgan fingerprint density at radius 3 is 1.07 bits per heavy atom. The van der Waals surface area contributed by atoms with E-state index >= 15 is 0 Å². The Morgan fingerprint density at radius 2 is 0.723 bits per heavy atom. The second-order valence-corrected chi connectivity index (χ2v) is 20.6. The molecule has 0 bridgehead atoms. The highest BCUT2D eigenvalue weighted by Gasteiger charge is 2.37. The first-order chi connectivity index (χ1) is 39.1. The van der Waals surface area contributed by atoms with E-state index in [1.807, 2.05) is 19.2 Å². The SMILES string of the molecule is CC(C)C[C@H](NC(=O)[C@@H](N)CCCCN)C(=O)N[C@H](C(=O)N[C@@H](Cc1ccccc1)C(=O)N[C@@H](Cc1ccccc1)C(=O)N[C@@H](CCC(=O)O)C(=O)N[C@@H](CCC(=O)O)C(=O)N[C@@H](CCC(=O)O)C(=O)N[C@@H](CCC(=O)O)C(=O)O)C(C)C. The summed E-state index contributed by atoms with van der Waals surface area (Å²) in [5.74, 6) is -16.1. The van der Waals surface area contributed by atoms with Crippen molar-refractivity contribution in [1.82, 2.24) is 42.5 Å². The number of nitrogens with two attached hydrogens (primary N) is 2. The zero-order valence-electron chi connectivity index (χ0n) is 46.9. The fraction of sp³-hybridized carbons (Fsp3) is 0.545. The number of hydrogen-bond donors (Lipinski definition) is 15. The van der Waals surface area contributed by atoms with Crippen LogP contribution in [0.3, 0.4) is 0 Å². The summed E-state index contributed by atoms with van der Waals surface area (Å²) in [7, 11) is 0. The van der Waals surface area contributed by atoms with Crippen molar-refractivity contribution in [2.45, 2.75) is 172 Å². The van der Waals surface area contributed by atoms with E-state index in [9.17, 15) is 82.8 Å². The number of rotatable bonds is 40. The van der Waals surface area contributed by atoms with E-state index in [0.29, 0.717) is 36.9 Å². The lowest BCUT2D eigenvalue weighted by molar-refractivity contribution is -0.144. The molecule has 0 aliphatic heterocycles. The van der Waals surface area contributed by atoms with Gasteiger partial charge < -0.3 is 79.5 Å². The van der Waals surface area contributed by atoms with E-state index in [1.165, 1.54) is 0 Å². The molecule has 0 heterocycles. The van der Waals surface area contributed by atoms with Crippen molar-refractivity contribution in [3.05, 3.63) is 71.8 Å². The van der Waals surface area contributed by atoms with E-state index in [0.717, 1.165) is 0 Å². The van der Waals surface area contributed by atoms with Crippen LogP contribution < -0.4 is 54.0 Å². The van der Waals surface area contributed by atoms with Gasteiger partial charge in [-0.15, -0.1) is 0 Å². The Bertz CT molecular complexity index is 2540. The first-order valence-corrected chi connectivity index (χ1v) is 27.2. The molecule has 83 heavy (non-hydrogen) atoms. The molecule has 2 aromatic rings. The molecule has 28 nitrogen and oxygen atoms in total. The van der Waals surface area contributed by atoms with Gasteiger partial charge in [-0.3, -0.25) is 57.5 Å². The molecule has 0 saturated carbocycles. The molecule has 0 fully saturated rings. The molecule has 0 spiro atoms. The number of carboxylic acid groups (broad SMARTS) is 5. The molecular weight excluding hydrogens is 1090 g/mol. The van der Waals surface area contributed by atoms with Crippen LogP contribution in [0.4, 0.5) is 0 Å². The first-order valence-electron chi connectivity index (χ1n) is 27.2. The second kappa shape index (κ2) is 36.7. The van der Waals surface area contributed by atoms with Crippen molar-refractivity contribution in [3.8, 4) is 0 Å². The van der Waals surface area contributed by atoms with Gasteiger partial charge in [0.15, 0.2) is 0 Å². The van der Waals surface area contributed by atoms with Crippen LogP contribution in [0.2, 0.25) is 0 Å². The molecule has 2 rings (SSSR count). The molecular formula is C55H80N10O18. The monoisotopic (exact) mass is 1170 g/mol. The lowest BCUT2D eigenvalue weighted by Gasteiger charge is -2.29. The molecule has 8 amide bonds. The summed E-state index contributed by atoms with van der Waals surface area (Å²) in [4.78, 5) is 170. The standard InChI is InChI=1S/C55H80N10O18/c1-30(2)27-39(62-47(74)34(57)17-11-12-26-56)53(80)65-46(31(3)4)54(81)64-41(29-33-15-9-6-10-16-33)52(79)63-40(28-32-13-7-5-8-14-32)51(78)60-36(19-23-43(68)69)49(76)58-35(18-22-42(66)67)48(75)59-37(20-24-44(70)71)50(77)61-38(55(82)83)21-25-45(72)73/h5-10,13-16,30-31,34-41,46H,11-12,17-29,56-57H2,1-4H3,(H,58,76)(H,59,75)(H,60,78)(H,61,77)(H,62,74)(H,63,79)(H,64,81)(H,65,80)(H,66,67)(H,68,69)(H,70,71)(H,72,73)(H,82,83)/t34-,35-,36-,37-,38-,39-,40-,41-,46-/m0/s1. The molecule has 0 radical (unpaired) electrons. The quantitative estimate of drug-likeness (QED) is 0.0358. The van der Waals surface area contributed by atoms with Crippen LogP contribution in [0.25, 0.3) is 0 Å². The predicted molar refractivity (Wildman–Crippen MR) is 296 cm³/mol. The number of unbranched alkanes of at least 4 members (excludes halogenated alkanes) is 1. The minimum atomic E-state index is -1.90. The number of carbonyl (C=O) groups is 13.